The predicted molar refractivity (Wildman–Crippen MR) is 79.0 cm³/mol. The molecule has 0 spiro atoms. The van der Waals surface area contributed by atoms with Crippen LogP contribution in [0, 0.1) is 0 Å². The molecule has 1 aromatic carbocycles. The van der Waals surface area contributed by atoms with Crippen LogP contribution >= 0.6 is 11.8 Å². The van der Waals surface area contributed by atoms with Gasteiger partial charge in [0, 0.05) is 12.2 Å². The molecule has 20 heavy (non-hydrogen) atoms. The molecule has 2 aliphatic rings. The van der Waals surface area contributed by atoms with E-state index in [2.05, 4.69) is 16.1 Å². The minimum atomic E-state index is -0.479. The van der Waals surface area contributed by atoms with E-state index >= 15 is 0 Å². The number of hydrogen-bond acceptors (Lipinski definition) is 6. The van der Waals surface area contributed by atoms with Crippen molar-refractivity contribution in [3.05, 3.63) is 29.8 Å². The van der Waals surface area contributed by atoms with Crippen LogP contribution in [0.2, 0.25) is 0 Å². The zero-order valence-electron chi connectivity index (χ0n) is 10.8. The Bertz CT molecular complexity index is 598. The van der Waals surface area contributed by atoms with E-state index in [9.17, 15) is 4.79 Å². The number of carbonyl (C=O) groups is 1. The molecule has 0 saturated carbocycles. The quantitative estimate of drug-likeness (QED) is 0.850. The summed E-state index contributed by atoms with van der Waals surface area (Å²) in [5.41, 5.74) is 3.10. The number of hydrogen-bond donors (Lipinski definition) is 1. The van der Waals surface area contributed by atoms with Crippen molar-refractivity contribution < 1.29 is 14.6 Å². The van der Waals surface area contributed by atoms with Crippen molar-refractivity contribution in [2.24, 2.45) is 9.98 Å². The molecule has 5 nitrogen and oxygen atoms in total. The van der Waals surface area contributed by atoms with Gasteiger partial charge in [-0.25, -0.2) is 4.79 Å². The van der Waals surface area contributed by atoms with Gasteiger partial charge in [-0.15, -0.1) is 11.8 Å². The van der Waals surface area contributed by atoms with Crippen LogP contribution in [0.15, 0.2) is 34.3 Å². The van der Waals surface area contributed by atoms with E-state index in [1.807, 2.05) is 18.2 Å². The molecule has 0 unspecified atom stereocenters. The Morgan fingerprint density at radius 3 is 3.10 bits per heavy atom. The molecule has 0 radical (unpaired) electrons. The highest BCUT2D eigenvalue weighted by Gasteiger charge is 2.30. The van der Waals surface area contributed by atoms with Crippen LogP contribution in [0.4, 0.5) is 5.69 Å². The highest BCUT2D eigenvalue weighted by Crippen LogP contribution is 2.30. The van der Waals surface area contributed by atoms with Crippen molar-refractivity contribution in [1.82, 2.24) is 0 Å². The fourth-order valence-electron chi connectivity index (χ4n) is 2.15. The Balaban J connectivity index is 1.70. The molecule has 104 valence electrons. The molecule has 1 aromatic rings. The lowest BCUT2D eigenvalue weighted by molar-refractivity contribution is -0.145. The van der Waals surface area contributed by atoms with Gasteiger partial charge >= 0.3 is 5.97 Å². The van der Waals surface area contributed by atoms with Crippen LogP contribution in [0.1, 0.15) is 5.56 Å². The van der Waals surface area contributed by atoms with Crippen LogP contribution in [-0.2, 0) is 16.0 Å². The number of benzene rings is 1. The number of aliphatic imine (C=N–C) groups is 2. The third-order valence-corrected chi connectivity index (χ3v) is 4.21. The van der Waals surface area contributed by atoms with E-state index in [-0.39, 0.29) is 19.2 Å². The van der Waals surface area contributed by atoms with Gasteiger partial charge in [-0.3, -0.25) is 9.98 Å². The SMILES string of the molecule is O=C(OCCO)[C@H]1CSC(C2=Nc3ccccc3C2)=N1. The molecule has 1 atom stereocenters. The number of fused-ring (bicyclic) bond motifs is 1. The maximum atomic E-state index is 11.7. The van der Waals surface area contributed by atoms with E-state index < -0.39 is 6.04 Å². The van der Waals surface area contributed by atoms with E-state index in [0.29, 0.717) is 5.75 Å². The summed E-state index contributed by atoms with van der Waals surface area (Å²) >= 11 is 1.54. The monoisotopic (exact) mass is 290 g/mol. The third kappa shape index (κ3) is 2.62. The highest BCUT2D eigenvalue weighted by molar-refractivity contribution is 8.16. The maximum absolute atomic E-state index is 11.7. The average Bonchev–Trinajstić information content (AvgIpc) is 3.10. The van der Waals surface area contributed by atoms with E-state index in [0.717, 1.165) is 22.9 Å². The van der Waals surface area contributed by atoms with Crippen molar-refractivity contribution in [3.8, 4) is 0 Å². The minimum Gasteiger partial charge on any atom is -0.462 e. The Morgan fingerprint density at radius 1 is 1.45 bits per heavy atom. The topological polar surface area (TPSA) is 71.2 Å². The first-order valence-corrected chi connectivity index (χ1v) is 7.40. The summed E-state index contributed by atoms with van der Waals surface area (Å²) in [5.74, 6) is 0.201. The number of thioether (sulfide) groups is 1. The van der Waals surface area contributed by atoms with Crippen LogP contribution in [0.3, 0.4) is 0 Å². The van der Waals surface area contributed by atoms with E-state index in [1.165, 1.54) is 17.3 Å². The maximum Gasteiger partial charge on any atom is 0.331 e. The first kappa shape index (κ1) is 13.3. The van der Waals surface area contributed by atoms with Gasteiger partial charge in [-0.2, -0.15) is 0 Å². The number of esters is 1. The molecule has 2 heterocycles. The lowest BCUT2D eigenvalue weighted by Crippen LogP contribution is -2.23. The lowest BCUT2D eigenvalue weighted by atomic mass is 10.1. The van der Waals surface area contributed by atoms with Crippen molar-refractivity contribution in [1.29, 1.82) is 0 Å². The van der Waals surface area contributed by atoms with Crippen molar-refractivity contribution >= 4 is 34.2 Å². The second-order valence-corrected chi connectivity index (χ2v) is 5.52. The van der Waals surface area contributed by atoms with Gasteiger partial charge in [0.25, 0.3) is 0 Å². The van der Waals surface area contributed by atoms with Gasteiger partial charge in [-0.1, -0.05) is 18.2 Å². The molecule has 3 rings (SSSR count). The number of aliphatic hydroxyl groups is 1. The molecule has 0 saturated heterocycles. The summed E-state index contributed by atoms with van der Waals surface area (Å²) in [5, 5.41) is 9.47. The fraction of sp³-hybridized carbons (Fsp3) is 0.357. The van der Waals surface area contributed by atoms with Gasteiger partial charge in [0.15, 0.2) is 6.04 Å². The zero-order chi connectivity index (χ0) is 13.9. The predicted octanol–water partition coefficient (Wildman–Crippen LogP) is 1.36. The Labute approximate surface area is 120 Å². The molecule has 6 heteroatoms. The second kappa shape index (κ2) is 5.76. The first-order valence-electron chi connectivity index (χ1n) is 6.42. The van der Waals surface area contributed by atoms with Gasteiger partial charge < -0.3 is 9.84 Å². The van der Waals surface area contributed by atoms with Crippen molar-refractivity contribution in [2.75, 3.05) is 19.0 Å². The second-order valence-electron chi connectivity index (χ2n) is 4.52. The number of aliphatic hydroxyl groups excluding tert-OH is 1. The molecule has 2 aliphatic heterocycles. The van der Waals surface area contributed by atoms with Gasteiger partial charge in [0.2, 0.25) is 0 Å². The number of ether oxygens (including phenoxy) is 1. The molecule has 1 N–H and O–H groups in total. The summed E-state index contributed by atoms with van der Waals surface area (Å²) in [4.78, 5) is 20.7. The van der Waals surface area contributed by atoms with Gasteiger partial charge in [0.1, 0.15) is 11.7 Å². The molecular formula is C14H14N2O3S. The van der Waals surface area contributed by atoms with Crippen molar-refractivity contribution in [2.45, 2.75) is 12.5 Å². The summed E-state index contributed by atoms with van der Waals surface area (Å²) in [7, 11) is 0. The minimum absolute atomic E-state index is 0.0250. The normalized spacial score (nSPS) is 20.4. The third-order valence-electron chi connectivity index (χ3n) is 3.11. The molecule has 0 bridgehead atoms. The Kier molecular flexibility index (Phi) is 3.84. The number of para-hydroxylation sites is 1. The molecule has 0 amide bonds. The smallest absolute Gasteiger partial charge is 0.331 e. The van der Waals surface area contributed by atoms with Crippen LogP contribution in [0.5, 0.6) is 0 Å². The Morgan fingerprint density at radius 2 is 2.30 bits per heavy atom. The molecule has 0 aliphatic carbocycles. The van der Waals surface area contributed by atoms with Gasteiger partial charge in [-0.05, 0) is 11.6 Å². The summed E-state index contributed by atoms with van der Waals surface area (Å²) < 4.78 is 4.90. The molecular weight excluding hydrogens is 276 g/mol. The summed E-state index contributed by atoms with van der Waals surface area (Å²) in [6.45, 7) is -0.137. The first-order chi connectivity index (χ1) is 9.78. The molecule has 0 aromatic heterocycles. The Hall–Kier alpha value is -1.66. The van der Waals surface area contributed by atoms with Crippen LogP contribution < -0.4 is 0 Å². The van der Waals surface area contributed by atoms with E-state index in [1.54, 1.807) is 0 Å². The van der Waals surface area contributed by atoms with Gasteiger partial charge in [0.05, 0.1) is 18.0 Å². The van der Waals surface area contributed by atoms with Crippen molar-refractivity contribution in [3.63, 3.8) is 0 Å². The molecule has 0 fully saturated rings. The van der Waals surface area contributed by atoms with Crippen LogP contribution in [-0.4, -0.2) is 46.8 Å². The summed E-state index contributed by atoms with van der Waals surface area (Å²) in [6.07, 6.45) is 0.764. The number of carbonyl (C=O) groups excluding carboxylic acids is 1. The average molecular weight is 290 g/mol. The standard InChI is InChI=1S/C14H14N2O3S/c17-5-6-19-14(18)12-8-20-13(16-12)11-7-9-3-1-2-4-10(9)15-11/h1-4,12,17H,5-8H2/t12-/m1/s1. The number of rotatable bonds is 4. The fourth-order valence-corrected chi connectivity index (χ4v) is 3.17. The van der Waals surface area contributed by atoms with Crippen LogP contribution in [0.25, 0.3) is 0 Å². The highest BCUT2D eigenvalue weighted by atomic mass is 32.2. The largest absolute Gasteiger partial charge is 0.462 e. The summed E-state index contributed by atoms with van der Waals surface area (Å²) in [6, 6.07) is 7.52. The van der Waals surface area contributed by atoms with E-state index in [4.69, 9.17) is 9.84 Å². The zero-order valence-corrected chi connectivity index (χ0v) is 11.6. The number of nitrogens with zero attached hydrogens (tertiary/aromatic N) is 2. The lowest BCUT2D eigenvalue weighted by Gasteiger charge is -2.04.